The van der Waals surface area contributed by atoms with Gasteiger partial charge in [-0.1, -0.05) is 0 Å². The lowest BCUT2D eigenvalue weighted by Gasteiger charge is -2.41. The average molecular weight is 317 g/mol. The normalized spacial score (nSPS) is 28.8. The minimum atomic E-state index is -0.146. The summed E-state index contributed by atoms with van der Waals surface area (Å²) in [4.78, 5) is 7.63. The molecule has 3 aliphatic heterocycles. The maximum absolute atomic E-state index is 13.1. The fraction of sp³-hybridized carbons (Fsp3) is 0.684. The van der Waals surface area contributed by atoms with Crippen molar-refractivity contribution in [2.45, 2.75) is 31.7 Å². The molecule has 126 valence electrons. The van der Waals surface area contributed by atoms with E-state index < -0.39 is 0 Å². The zero-order valence-corrected chi connectivity index (χ0v) is 14.2. The van der Waals surface area contributed by atoms with Crippen LogP contribution in [0.25, 0.3) is 0 Å². The number of rotatable bonds is 2. The summed E-state index contributed by atoms with van der Waals surface area (Å²) in [6, 6.07) is 7.65. The summed E-state index contributed by atoms with van der Waals surface area (Å²) in [6.45, 7) is 7.29. The predicted octanol–water partition coefficient (Wildman–Crippen LogP) is 2.82. The van der Waals surface area contributed by atoms with E-state index in [-0.39, 0.29) is 5.82 Å². The fourth-order valence-electron chi connectivity index (χ4n) is 4.86. The summed E-state index contributed by atoms with van der Waals surface area (Å²) in [5.74, 6) is -0.146. The summed E-state index contributed by atoms with van der Waals surface area (Å²) >= 11 is 0. The standard InChI is InChI=1S/C19H28FN3/c1-21-11-7-19(15-21)8-12-22(13-9-19)18-6-10-23(14-18)17-4-2-16(20)3-5-17/h2-5,18H,6-15H2,1H3/t18-/m0/s1. The maximum atomic E-state index is 13.1. The number of likely N-dealkylation sites (tertiary alicyclic amines) is 2. The molecule has 0 N–H and O–H groups in total. The molecule has 4 rings (SSSR count). The first-order chi connectivity index (χ1) is 11.1. The topological polar surface area (TPSA) is 9.72 Å². The van der Waals surface area contributed by atoms with Crippen molar-refractivity contribution in [1.29, 1.82) is 0 Å². The summed E-state index contributed by atoms with van der Waals surface area (Å²) < 4.78 is 13.1. The van der Waals surface area contributed by atoms with E-state index in [0.29, 0.717) is 11.5 Å². The zero-order valence-electron chi connectivity index (χ0n) is 14.2. The Morgan fingerprint density at radius 2 is 1.70 bits per heavy atom. The van der Waals surface area contributed by atoms with E-state index >= 15 is 0 Å². The Balaban J connectivity index is 1.33. The van der Waals surface area contributed by atoms with Crippen LogP contribution < -0.4 is 4.90 Å². The highest BCUT2D eigenvalue weighted by atomic mass is 19.1. The van der Waals surface area contributed by atoms with Crippen LogP contribution in [-0.2, 0) is 0 Å². The Morgan fingerprint density at radius 3 is 2.35 bits per heavy atom. The lowest BCUT2D eigenvalue weighted by Crippen LogP contribution is -2.47. The van der Waals surface area contributed by atoms with Crippen LogP contribution in [0.15, 0.2) is 24.3 Å². The van der Waals surface area contributed by atoms with E-state index in [2.05, 4.69) is 21.7 Å². The molecular formula is C19H28FN3. The molecule has 0 bridgehead atoms. The number of piperidine rings is 1. The summed E-state index contributed by atoms with van der Waals surface area (Å²) in [6.07, 6.45) is 5.36. The second-order valence-corrected chi connectivity index (χ2v) is 7.89. The van der Waals surface area contributed by atoms with E-state index in [1.54, 1.807) is 12.1 Å². The van der Waals surface area contributed by atoms with Gasteiger partial charge in [-0.3, -0.25) is 4.90 Å². The van der Waals surface area contributed by atoms with Gasteiger partial charge in [-0.05, 0) is 82.0 Å². The molecule has 0 radical (unpaired) electrons. The van der Waals surface area contributed by atoms with Crippen LogP contribution in [-0.4, -0.2) is 62.2 Å². The maximum Gasteiger partial charge on any atom is 0.123 e. The molecule has 3 nitrogen and oxygen atoms in total. The molecule has 3 saturated heterocycles. The van der Waals surface area contributed by atoms with Crippen molar-refractivity contribution in [3.8, 4) is 0 Å². The van der Waals surface area contributed by atoms with E-state index in [4.69, 9.17) is 0 Å². The fourth-order valence-corrected chi connectivity index (χ4v) is 4.86. The van der Waals surface area contributed by atoms with Crippen molar-refractivity contribution in [2.24, 2.45) is 5.41 Å². The highest BCUT2D eigenvalue weighted by Gasteiger charge is 2.41. The van der Waals surface area contributed by atoms with E-state index in [0.717, 1.165) is 13.1 Å². The van der Waals surface area contributed by atoms with E-state index in [1.807, 2.05) is 12.1 Å². The molecule has 4 heteroatoms. The van der Waals surface area contributed by atoms with Gasteiger partial charge in [0.2, 0.25) is 0 Å². The molecule has 1 atom stereocenters. The van der Waals surface area contributed by atoms with Gasteiger partial charge in [-0.15, -0.1) is 0 Å². The number of hydrogen-bond acceptors (Lipinski definition) is 3. The van der Waals surface area contributed by atoms with Gasteiger partial charge in [0.1, 0.15) is 5.82 Å². The highest BCUT2D eigenvalue weighted by molar-refractivity contribution is 5.47. The largest absolute Gasteiger partial charge is 0.370 e. The second kappa shape index (κ2) is 6.06. The molecule has 0 amide bonds. The minimum Gasteiger partial charge on any atom is -0.370 e. The van der Waals surface area contributed by atoms with Crippen molar-refractivity contribution in [2.75, 3.05) is 51.2 Å². The molecule has 0 aliphatic carbocycles. The van der Waals surface area contributed by atoms with Crippen LogP contribution in [0.1, 0.15) is 25.7 Å². The van der Waals surface area contributed by atoms with Crippen LogP contribution in [0.2, 0.25) is 0 Å². The van der Waals surface area contributed by atoms with Crippen LogP contribution in [0.4, 0.5) is 10.1 Å². The summed E-state index contributed by atoms with van der Waals surface area (Å²) in [5, 5.41) is 0. The highest BCUT2D eigenvalue weighted by Crippen LogP contribution is 2.40. The van der Waals surface area contributed by atoms with Gasteiger partial charge < -0.3 is 9.80 Å². The van der Waals surface area contributed by atoms with Gasteiger partial charge in [0.15, 0.2) is 0 Å². The molecule has 0 unspecified atom stereocenters. The van der Waals surface area contributed by atoms with Crippen molar-refractivity contribution in [1.82, 2.24) is 9.80 Å². The Morgan fingerprint density at radius 1 is 1.00 bits per heavy atom. The predicted molar refractivity (Wildman–Crippen MR) is 92.4 cm³/mol. The van der Waals surface area contributed by atoms with Crippen LogP contribution >= 0.6 is 0 Å². The van der Waals surface area contributed by atoms with E-state index in [1.165, 1.54) is 57.5 Å². The third-order valence-corrected chi connectivity index (χ3v) is 6.36. The van der Waals surface area contributed by atoms with Crippen molar-refractivity contribution in [3.05, 3.63) is 30.1 Å². The zero-order chi connectivity index (χ0) is 15.9. The Bertz CT molecular complexity index is 536. The molecular weight excluding hydrogens is 289 g/mol. The van der Waals surface area contributed by atoms with Gasteiger partial charge in [0.05, 0.1) is 0 Å². The number of hydrogen-bond donors (Lipinski definition) is 0. The molecule has 1 aromatic carbocycles. The smallest absolute Gasteiger partial charge is 0.123 e. The molecule has 3 aliphatic rings. The SMILES string of the molecule is CN1CCC2(CCN([C@H]3CCN(c4ccc(F)cc4)C3)CC2)C1. The van der Waals surface area contributed by atoms with Crippen LogP contribution in [0.5, 0.6) is 0 Å². The van der Waals surface area contributed by atoms with Crippen LogP contribution in [0.3, 0.4) is 0 Å². The Labute approximate surface area is 139 Å². The third-order valence-electron chi connectivity index (χ3n) is 6.36. The Hall–Kier alpha value is -1.13. The molecule has 1 spiro atoms. The number of nitrogens with zero attached hydrogens (tertiary/aromatic N) is 3. The molecule has 0 aromatic heterocycles. The first-order valence-corrected chi connectivity index (χ1v) is 9.07. The minimum absolute atomic E-state index is 0.146. The van der Waals surface area contributed by atoms with Crippen molar-refractivity contribution < 1.29 is 4.39 Å². The van der Waals surface area contributed by atoms with Crippen molar-refractivity contribution in [3.63, 3.8) is 0 Å². The average Bonchev–Trinajstić information content (AvgIpc) is 3.17. The monoisotopic (exact) mass is 317 g/mol. The number of benzene rings is 1. The first-order valence-electron chi connectivity index (χ1n) is 9.07. The van der Waals surface area contributed by atoms with Crippen molar-refractivity contribution >= 4 is 5.69 Å². The van der Waals surface area contributed by atoms with Gasteiger partial charge >= 0.3 is 0 Å². The number of halogens is 1. The Kier molecular flexibility index (Phi) is 4.06. The molecule has 0 saturated carbocycles. The summed E-state index contributed by atoms with van der Waals surface area (Å²) in [5.41, 5.74) is 1.78. The molecule has 3 heterocycles. The molecule has 3 fully saturated rings. The first kappa shape index (κ1) is 15.4. The lowest BCUT2D eigenvalue weighted by atomic mass is 9.77. The van der Waals surface area contributed by atoms with Gasteiger partial charge in [-0.25, -0.2) is 4.39 Å². The van der Waals surface area contributed by atoms with Gasteiger partial charge in [-0.2, -0.15) is 0 Å². The molecule has 1 aromatic rings. The number of anilines is 1. The third kappa shape index (κ3) is 3.11. The lowest BCUT2D eigenvalue weighted by molar-refractivity contribution is 0.0844. The van der Waals surface area contributed by atoms with E-state index in [9.17, 15) is 4.39 Å². The van der Waals surface area contributed by atoms with Crippen LogP contribution in [0, 0.1) is 11.2 Å². The molecule has 23 heavy (non-hydrogen) atoms. The van der Waals surface area contributed by atoms with Gasteiger partial charge in [0.25, 0.3) is 0 Å². The quantitative estimate of drug-likeness (QED) is 0.830. The summed E-state index contributed by atoms with van der Waals surface area (Å²) in [7, 11) is 2.26. The second-order valence-electron chi connectivity index (χ2n) is 7.89. The van der Waals surface area contributed by atoms with Gasteiger partial charge in [0, 0.05) is 31.4 Å².